The molecule has 0 radical (unpaired) electrons. The van der Waals surface area contributed by atoms with Crippen molar-refractivity contribution in [1.29, 1.82) is 0 Å². The Morgan fingerprint density at radius 3 is 0.722 bits per heavy atom. The Bertz CT molecular complexity index is 727. The van der Waals surface area contributed by atoms with Gasteiger partial charge in [-0.1, -0.05) is 206 Å². The number of phosphoric acid groups is 2. The normalized spacial score (nSPS) is 13.3. The third-order valence-corrected chi connectivity index (χ3v) is 10.7. The second-order valence-corrected chi connectivity index (χ2v) is 16.7. The molecule has 0 aromatic heterocycles. The second-order valence-electron chi connectivity index (χ2n) is 14.1. The maximum Gasteiger partial charge on any atom is 1.00 e. The Morgan fingerprint density at radius 2 is 0.537 bits per heavy atom. The van der Waals surface area contributed by atoms with Crippen LogP contribution in [0.5, 0.6) is 0 Å². The smallest absolute Gasteiger partial charge is 0.754 e. The van der Waals surface area contributed by atoms with E-state index in [1.807, 2.05) is 0 Å². The van der Waals surface area contributed by atoms with E-state index in [4.69, 9.17) is 0 Å². The summed E-state index contributed by atoms with van der Waals surface area (Å²) in [6.45, 7) is 8.40. The Kier molecular flexibility index (Phi) is 61.0. The van der Waals surface area contributed by atoms with E-state index in [1.165, 1.54) is 180 Å². The summed E-state index contributed by atoms with van der Waals surface area (Å²) in [5.41, 5.74) is 0. The van der Waals surface area contributed by atoms with E-state index in [-0.39, 0.29) is 107 Å². The quantitative estimate of drug-likeness (QED) is 0.0201. The molecule has 10 nitrogen and oxygen atoms in total. The predicted octanol–water partition coefficient (Wildman–Crippen LogP) is 7.41. The monoisotopic (exact) mass is 849 g/mol. The van der Waals surface area contributed by atoms with Crippen LogP contribution in [0.1, 0.15) is 233 Å². The van der Waals surface area contributed by atoms with Gasteiger partial charge in [-0.2, -0.15) is 9.35 Å². The summed E-state index contributed by atoms with van der Waals surface area (Å²) < 4.78 is 39.5. The molecule has 0 aliphatic rings. The molecule has 0 N–H and O–H groups in total. The summed E-state index contributed by atoms with van der Waals surface area (Å²) in [6, 6.07) is 0. The molecule has 0 aromatic rings. The zero-order chi connectivity index (χ0) is 38.7. The second kappa shape index (κ2) is 51.9. The van der Waals surface area contributed by atoms with Crippen LogP contribution in [0.2, 0.25) is 0 Å². The van der Waals surface area contributed by atoms with Crippen molar-refractivity contribution in [3.63, 3.8) is 0 Å². The Balaban J connectivity index is -0.000000446. The molecule has 0 aliphatic heterocycles. The summed E-state index contributed by atoms with van der Waals surface area (Å²) >= 11 is 0. The van der Waals surface area contributed by atoms with Gasteiger partial charge in [0.15, 0.2) is 0 Å². The van der Waals surface area contributed by atoms with Gasteiger partial charge in [-0.25, -0.2) is 9.78 Å². The molecule has 316 valence electrons. The van der Waals surface area contributed by atoms with Crippen molar-refractivity contribution in [2.45, 2.75) is 233 Å². The molecule has 0 aromatic carbocycles. The number of rotatable bonds is 42. The molecule has 0 saturated heterocycles. The summed E-state index contributed by atoms with van der Waals surface area (Å²) in [5.74, 6) is 0. The van der Waals surface area contributed by atoms with Gasteiger partial charge in [0.2, 0.25) is 0 Å². The SMILES string of the molecule is CCCCCCCCCCCCCCCCCCOOP(=O)([O-])OCC.CCCCCCCCCCCCCCCCCCOOP(=O)([O-])OCC.[K+].[Na+]. The van der Waals surface area contributed by atoms with Gasteiger partial charge in [0, 0.05) is 0 Å². The number of unbranched alkanes of at least 4 members (excludes halogenated alkanes) is 30. The first-order valence-corrected chi connectivity index (χ1v) is 24.7. The Hall–Kier alpha value is 2.78. The van der Waals surface area contributed by atoms with Crippen molar-refractivity contribution >= 4 is 15.6 Å². The van der Waals surface area contributed by atoms with Crippen LogP contribution < -0.4 is 90.7 Å². The number of hydrogen-bond donors (Lipinski definition) is 0. The largest absolute Gasteiger partial charge is 1.00 e. The fourth-order valence-electron chi connectivity index (χ4n) is 5.98. The van der Waals surface area contributed by atoms with E-state index in [2.05, 4.69) is 42.0 Å². The minimum atomic E-state index is -4.26. The summed E-state index contributed by atoms with van der Waals surface area (Å²) in [5, 5.41) is 0. The maximum absolute atomic E-state index is 11.1. The first-order chi connectivity index (χ1) is 25.2. The topological polar surface area (TPSA) is 136 Å². The van der Waals surface area contributed by atoms with Gasteiger partial charge in [0.1, 0.15) is 0 Å². The first kappa shape index (κ1) is 63.4. The van der Waals surface area contributed by atoms with E-state index < -0.39 is 15.6 Å². The summed E-state index contributed by atoms with van der Waals surface area (Å²) in [4.78, 5) is 31.5. The summed E-state index contributed by atoms with van der Waals surface area (Å²) in [6.07, 6.45) is 41.8. The van der Waals surface area contributed by atoms with Crippen LogP contribution in [0.4, 0.5) is 0 Å². The van der Waals surface area contributed by atoms with Crippen LogP contribution in [0, 0.1) is 0 Å². The van der Waals surface area contributed by atoms with Crippen LogP contribution in [0.15, 0.2) is 0 Å². The van der Waals surface area contributed by atoms with Crippen LogP contribution in [0.25, 0.3) is 0 Å². The summed E-state index contributed by atoms with van der Waals surface area (Å²) in [7, 11) is -8.51. The molecule has 0 amide bonds. The van der Waals surface area contributed by atoms with Gasteiger partial charge >= 0.3 is 80.9 Å². The molecule has 0 rings (SSSR count). The zero-order valence-electron chi connectivity index (χ0n) is 36.4. The van der Waals surface area contributed by atoms with E-state index in [0.717, 1.165) is 25.7 Å². The standard InChI is InChI=1S/2C20H43O5P.K.Na/c2*1-3-5-6-7-8-9-10-11-12-13-14-15-16-17-18-19-20-23-25-26(21,22)24-4-2;;/h2*3-20H2,1-2H3,(H,21,22);;/q;;2*+1/p-2. The van der Waals surface area contributed by atoms with Crippen molar-refractivity contribution in [2.24, 2.45) is 0 Å². The van der Waals surface area contributed by atoms with Crippen LogP contribution in [0.3, 0.4) is 0 Å². The third kappa shape index (κ3) is 56.9. The van der Waals surface area contributed by atoms with Gasteiger partial charge in [-0.15, -0.1) is 0 Å². The van der Waals surface area contributed by atoms with Gasteiger partial charge in [-0.05, 0) is 26.7 Å². The molecule has 0 saturated carbocycles. The van der Waals surface area contributed by atoms with E-state index in [9.17, 15) is 18.9 Å². The van der Waals surface area contributed by atoms with Crippen molar-refractivity contribution in [1.82, 2.24) is 0 Å². The molecule has 0 spiro atoms. The van der Waals surface area contributed by atoms with Crippen LogP contribution >= 0.6 is 15.6 Å². The number of hydrogen-bond acceptors (Lipinski definition) is 10. The zero-order valence-corrected chi connectivity index (χ0v) is 43.3. The van der Waals surface area contributed by atoms with Crippen LogP contribution in [-0.4, -0.2) is 26.4 Å². The molecular formula is C40H84KNaO10P2. The molecule has 0 heterocycles. The van der Waals surface area contributed by atoms with Gasteiger partial charge in [0.05, 0.1) is 26.4 Å². The fourth-order valence-corrected chi connectivity index (χ4v) is 7.11. The molecular weight excluding hydrogens is 764 g/mol. The Labute approximate surface area is 399 Å². The third-order valence-electron chi connectivity index (χ3n) is 9.02. The minimum absolute atomic E-state index is 0. The van der Waals surface area contributed by atoms with Gasteiger partial charge in [0.25, 0.3) is 15.6 Å². The molecule has 2 atom stereocenters. The molecule has 0 aliphatic carbocycles. The van der Waals surface area contributed by atoms with Crippen molar-refractivity contribution < 1.29 is 128 Å². The van der Waals surface area contributed by atoms with Gasteiger partial charge in [-0.3, -0.25) is 9.13 Å². The average molecular weight is 849 g/mol. The predicted molar refractivity (Wildman–Crippen MR) is 212 cm³/mol. The van der Waals surface area contributed by atoms with E-state index >= 15 is 0 Å². The molecule has 0 bridgehead atoms. The molecule has 2 unspecified atom stereocenters. The van der Waals surface area contributed by atoms with Gasteiger partial charge < -0.3 is 18.8 Å². The Morgan fingerprint density at radius 1 is 0.352 bits per heavy atom. The fraction of sp³-hybridized carbons (Fsp3) is 1.00. The van der Waals surface area contributed by atoms with E-state index in [1.54, 1.807) is 13.8 Å². The number of phosphoric ester groups is 2. The first-order valence-electron chi connectivity index (χ1n) is 21.8. The van der Waals surface area contributed by atoms with Crippen LogP contribution in [-0.2, 0) is 37.3 Å². The molecule has 14 heteroatoms. The van der Waals surface area contributed by atoms with Crippen molar-refractivity contribution in [3.05, 3.63) is 0 Å². The average Bonchev–Trinajstić information content (AvgIpc) is 3.10. The van der Waals surface area contributed by atoms with Crippen molar-refractivity contribution in [3.8, 4) is 0 Å². The maximum atomic E-state index is 11.1. The molecule has 54 heavy (non-hydrogen) atoms. The van der Waals surface area contributed by atoms with Crippen molar-refractivity contribution in [2.75, 3.05) is 26.4 Å². The van der Waals surface area contributed by atoms with E-state index in [0.29, 0.717) is 0 Å². The minimum Gasteiger partial charge on any atom is -0.754 e. The molecule has 0 fully saturated rings.